The molecule has 0 aliphatic heterocycles. The molecule has 0 rings (SSSR count). The smallest absolute Gasteiger partial charge is 0.306 e. The zero-order valence-electron chi connectivity index (χ0n) is 42.0. The molecule has 0 saturated heterocycles. The third-order valence-corrected chi connectivity index (χ3v) is 10.9. The van der Waals surface area contributed by atoms with Crippen molar-refractivity contribution in [3.05, 3.63) is 109 Å². The number of esters is 3. The third-order valence-electron chi connectivity index (χ3n) is 10.9. The minimum Gasteiger partial charge on any atom is -0.462 e. The predicted molar refractivity (Wildman–Crippen MR) is 279 cm³/mol. The van der Waals surface area contributed by atoms with Gasteiger partial charge in [0.15, 0.2) is 6.10 Å². The number of unbranched alkanes of at least 4 members (excludes halogenated alkanes) is 23. The first-order chi connectivity index (χ1) is 32.0. The first-order valence-corrected chi connectivity index (χ1v) is 26.5. The third kappa shape index (κ3) is 50.9. The van der Waals surface area contributed by atoms with E-state index in [-0.39, 0.29) is 31.1 Å². The van der Waals surface area contributed by atoms with Gasteiger partial charge in [-0.1, -0.05) is 233 Å². The van der Waals surface area contributed by atoms with Crippen molar-refractivity contribution in [3.63, 3.8) is 0 Å². The van der Waals surface area contributed by atoms with E-state index in [0.29, 0.717) is 19.3 Å². The molecular weight excluding hydrogens is 805 g/mol. The van der Waals surface area contributed by atoms with Gasteiger partial charge in [0, 0.05) is 19.3 Å². The lowest BCUT2D eigenvalue weighted by Gasteiger charge is -2.18. The molecule has 1 atom stereocenters. The van der Waals surface area contributed by atoms with Gasteiger partial charge in [0.05, 0.1) is 0 Å². The van der Waals surface area contributed by atoms with Crippen molar-refractivity contribution in [1.29, 1.82) is 0 Å². The van der Waals surface area contributed by atoms with Crippen molar-refractivity contribution in [2.24, 2.45) is 0 Å². The molecule has 1 unspecified atom stereocenters. The van der Waals surface area contributed by atoms with E-state index in [1.807, 2.05) is 36.5 Å². The molecule has 65 heavy (non-hydrogen) atoms. The molecule has 0 aromatic rings. The Kier molecular flexibility index (Phi) is 49.5. The molecule has 0 saturated carbocycles. The zero-order chi connectivity index (χ0) is 47.2. The molecule has 0 aliphatic carbocycles. The molecule has 0 aromatic heterocycles. The quantitative estimate of drug-likeness (QED) is 0.0262. The molecule has 368 valence electrons. The van der Waals surface area contributed by atoms with Gasteiger partial charge in [-0.3, -0.25) is 14.4 Å². The van der Waals surface area contributed by atoms with Crippen LogP contribution in [0.3, 0.4) is 0 Å². The molecule has 0 N–H and O–H groups in total. The van der Waals surface area contributed by atoms with E-state index >= 15 is 0 Å². The molecule has 0 radical (unpaired) electrons. The first-order valence-electron chi connectivity index (χ1n) is 26.5. The van der Waals surface area contributed by atoms with Crippen LogP contribution in [0.15, 0.2) is 109 Å². The van der Waals surface area contributed by atoms with Crippen LogP contribution in [-0.2, 0) is 28.6 Å². The predicted octanol–water partition coefficient (Wildman–Crippen LogP) is 17.5. The zero-order valence-corrected chi connectivity index (χ0v) is 42.0. The summed E-state index contributed by atoms with van der Waals surface area (Å²) in [5, 5.41) is 0. The maximum atomic E-state index is 12.8. The van der Waals surface area contributed by atoms with Crippen LogP contribution in [0, 0.1) is 0 Å². The van der Waals surface area contributed by atoms with Gasteiger partial charge < -0.3 is 14.2 Å². The van der Waals surface area contributed by atoms with E-state index < -0.39 is 6.10 Å². The van der Waals surface area contributed by atoms with Crippen molar-refractivity contribution in [2.75, 3.05) is 13.2 Å². The number of ether oxygens (including phenoxy) is 3. The molecule has 6 nitrogen and oxygen atoms in total. The number of carbonyl (C=O) groups excluding carboxylic acids is 3. The Labute approximate surface area is 400 Å². The maximum absolute atomic E-state index is 12.8. The standard InChI is InChI=1S/C59H96O6/c1-4-7-10-13-16-19-22-25-27-28-29-30-32-34-37-40-43-46-49-52-58(61)64-55-56(54-63-57(60)51-48-45-42-39-36-33-24-21-18-15-12-9-6-3)65-59(62)53-50-47-44-41-38-35-31-26-23-20-17-14-11-8-5-2/h8-9,11-12,14-25,33,36,56H,4-7,10,13,26-32,34-35,37-55H2,1-3H3/b11-8+,12-9+,17-14+,18-15+,19-16+,23-20+,24-21+,25-22+,36-33+. The van der Waals surface area contributed by atoms with E-state index in [9.17, 15) is 14.4 Å². The lowest BCUT2D eigenvalue weighted by molar-refractivity contribution is -0.167. The Balaban J connectivity index is 4.44. The number of rotatable bonds is 46. The Morgan fingerprint density at radius 2 is 0.600 bits per heavy atom. The lowest BCUT2D eigenvalue weighted by atomic mass is 10.1. The summed E-state index contributed by atoms with van der Waals surface area (Å²) in [7, 11) is 0. The van der Waals surface area contributed by atoms with Crippen LogP contribution in [-0.4, -0.2) is 37.2 Å². The number of allylic oxidation sites excluding steroid dienone is 18. The maximum Gasteiger partial charge on any atom is 0.306 e. The number of carbonyl (C=O) groups is 3. The van der Waals surface area contributed by atoms with Crippen molar-refractivity contribution in [3.8, 4) is 0 Å². The highest BCUT2D eigenvalue weighted by atomic mass is 16.6. The Hall–Kier alpha value is -3.93. The Bertz CT molecular complexity index is 1360. The molecule has 0 aliphatic rings. The summed E-state index contributed by atoms with van der Waals surface area (Å²) in [5.41, 5.74) is 0. The average molecular weight is 901 g/mol. The van der Waals surface area contributed by atoms with E-state index in [4.69, 9.17) is 14.2 Å². The van der Waals surface area contributed by atoms with Crippen molar-refractivity contribution >= 4 is 17.9 Å². The monoisotopic (exact) mass is 901 g/mol. The summed E-state index contributed by atoms with van der Waals surface area (Å²) in [6, 6.07) is 0. The van der Waals surface area contributed by atoms with Gasteiger partial charge in [-0.05, 0) is 83.5 Å². The molecule has 0 aromatic carbocycles. The van der Waals surface area contributed by atoms with Gasteiger partial charge in [0.1, 0.15) is 13.2 Å². The summed E-state index contributed by atoms with van der Waals surface area (Å²) < 4.78 is 16.8. The van der Waals surface area contributed by atoms with Crippen molar-refractivity contribution < 1.29 is 28.6 Å². The SMILES string of the molecule is CC/C=C/C=C/C=C/C=C/CCCCCC(=O)OCC(COC(=O)CCCCCCCCCCCC/C=C/C=C/CCCCC)OC(=O)CCCCCCCCC/C=C/C=C/C=C/CC. The van der Waals surface area contributed by atoms with Crippen LogP contribution in [0.5, 0.6) is 0 Å². The average Bonchev–Trinajstić information content (AvgIpc) is 3.30. The van der Waals surface area contributed by atoms with Crippen LogP contribution in [0.4, 0.5) is 0 Å². The molecule has 0 spiro atoms. The molecule has 6 heteroatoms. The lowest BCUT2D eigenvalue weighted by Crippen LogP contribution is -2.30. The second-order valence-corrected chi connectivity index (χ2v) is 17.2. The van der Waals surface area contributed by atoms with Gasteiger partial charge in [0.2, 0.25) is 0 Å². The summed E-state index contributed by atoms with van der Waals surface area (Å²) in [5.74, 6) is -0.959. The Morgan fingerprint density at radius 1 is 0.323 bits per heavy atom. The van der Waals surface area contributed by atoms with E-state index in [1.54, 1.807) is 0 Å². The normalized spacial score (nSPS) is 13.0. The molecule has 0 bridgehead atoms. The molecule has 0 amide bonds. The summed E-state index contributed by atoms with van der Waals surface area (Å²) in [6.45, 7) is 6.29. The highest BCUT2D eigenvalue weighted by Crippen LogP contribution is 2.14. The fourth-order valence-electron chi connectivity index (χ4n) is 6.97. The highest BCUT2D eigenvalue weighted by molar-refractivity contribution is 5.71. The van der Waals surface area contributed by atoms with Crippen LogP contribution >= 0.6 is 0 Å². The highest BCUT2D eigenvalue weighted by Gasteiger charge is 2.19. The van der Waals surface area contributed by atoms with E-state index in [0.717, 1.165) is 89.9 Å². The van der Waals surface area contributed by atoms with Crippen LogP contribution in [0.1, 0.15) is 226 Å². The minimum atomic E-state index is -0.804. The first kappa shape index (κ1) is 61.1. The summed E-state index contributed by atoms with van der Waals surface area (Å²) >= 11 is 0. The number of hydrogen-bond donors (Lipinski definition) is 0. The number of hydrogen-bond acceptors (Lipinski definition) is 6. The van der Waals surface area contributed by atoms with Gasteiger partial charge >= 0.3 is 17.9 Å². The van der Waals surface area contributed by atoms with Gasteiger partial charge in [0.25, 0.3) is 0 Å². The largest absolute Gasteiger partial charge is 0.462 e. The van der Waals surface area contributed by atoms with Crippen LogP contribution in [0.25, 0.3) is 0 Å². The second kappa shape index (κ2) is 52.7. The Morgan fingerprint density at radius 3 is 0.969 bits per heavy atom. The fraction of sp³-hybridized carbons (Fsp3) is 0.644. The van der Waals surface area contributed by atoms with Gasteiger partial charge in [-0.25, -0.2) is 0 Å². The summed E-state index contributed by atoms with van der Waals surface area (Å²) in [6.07, 6.45) is 70.7. The minimum absolute atomic E-state index is 0.0995. The van der Waals surface area contributed by atoms with E-state index in [2.05, 4.69) is 93.7 Å². The van der Waals surface area contributed by atoms with Gasteiger partial charge in [-0.15, -0.1) is 0 Å². The fourth-order valence-corrected chi connectivity index (χ4v) is 6.97. The molecular formula is C59H96O6. The topological polar surface area (TPSA) is 78.9 Å². The van der Waals surface area contributed by atoms with Crippen LogP contribution < -0.4 is 0 Å². The van der Waals surface area contributed by atoms with E-state index in [1.165, 1.54) is 96.3 Å². The molecule has 0 heterocycles. The summed E-state index contributed by atoms with van der Waals surface area (Å²) in [4.78, 5) is 38.0. The molecule has 0 fully saturated rings. The second-order valence-electron chi connectivity index (χ2n) is 17.2. The van der Waals surface area contributed by atoms with Crippen LogP contribution in [0.2, 0.25) is 0 Å². The van der Waals surface area contributed by atoms with Crippen molar-refractivity contribution in [1.82, 2.24) is 0 Å². The van der Waals surface area contributed by atoms with Gasteiger partial charge in [-0.2, -0.15) is 0 Å². The van der Waals surface area contributed by atoms with Crippen molar-refractivity contribution in [2.45, 2.75) is 232 Å².